The molecule has 2 rings (SSSR count). The van der Waals surface area contributed by atoms with Crippen LogP contribution in [0.15, 0.2) is 16.5 Å². The van der Waals surface area contributed by atoms with Gasteiger partial charge in [-0.15, -0.1) is 0 Å². The van der Waals surface area contributed by atoms with Gasteiger partial charge in [0.25, 0.3) is 0 Å². The zero-order valence-corrected chi connectivity index (χ0v) is 13.4. The molecular formula is C16H28N2O3. The van der Waals surface area contributed by atoms with Crippen LogP contribution in [0.3, 0.4) is 0 Å². The zero-order chi connectivity index (χ0) is 15.2. The van der Waals surface area contributed by atoms with Crippen LogP contribution in [0.4, 0.5) is 0 Å². The molecular weight excluding hydrogens is 268 g/mol. The van der Waals surface area contributed by atoms with E-state index >= 15 is 0 Å². The van der Waals surface area contributed by atoms with E-state index in [-0.39, 0.29) is 6.61 Å². The number of rotatable bonds is 7. The third-order valence-electron chi connectivity index (χ3n) is 4.12. The molecule has 0 spiro atoms. The minimum Gasteiger partial charge on any atom is -0.462 e. The molecule has 1 fully saturated rings. The van der Waals surface area contributed by atoms with E-state index < -0.39 is 0 Å². The lowest BCUT2D eigenvalue weighted by molar-refractivity contribution is 0.0318. The molecule has 1 aliphatic rings. The van der Waals surface area contributed by atoms with Gasteiger partial charge in [-0.1, -0.05) is 0 Å². The molecule has 0 unspecified atom stereocenters. The molecule has 5 nitrogen and oxygen atoms in total. The molecule has 1 atom stereocenters. The van der Waals surface area contributed by atoms with Crippen molar-refractivity contribution < 1.29 is 14.3 Å². The van der Waals surface area contributed by atoms with E-state index in [2.05, 4.69) is 23.6 Å². The van der Waals surface area contributed by atoms with Gasteiger partial charge in [0.2, 0.25) is 0 Å². The molecule has 0 saturated carbocycles. The van der Waals surface area contributed by atoms with Crippen molar-refractivity contribution in [1.82, 2.24) is 9.80 Å². The van der Waals surface area contributed by atoms with Gasteiger partial charge in [0.1, 0.15) is 18.1 Å². The van der Waals surface area contributed by atoms with Crippen molar-refractivity contribution in [2.75, 3.05) is 33.4 Å². The Balaban J connectivity index is 1.92. The van der Waals surface area contributed by atoms with Crippen LogP contribution in [-0.4, -0.2) is 60.3 Å². The summed E-state index contributed by atoms with van der Waals surface area (Å²) in [5.41, 5.74) is 0. The Hall–Kier alpha value is -0.880. The highest BCUT2D eigenvalue weighted by Crippen LogP contribution is 2.19. The highest BCUT2D eigenvalue weighted by molar-refractivity contribution is 5.06. The van der Waals surface area contributed by atoms with Crippen molar-refractivity contribution in [3.05, 3.63) is 23.7 Å². The maximum absolute atomic E-state index is 9.28. The predicted molar refractivity (Wildman–Crippen MR) is 82.0 cm³/mol. The number of nitrogens with zero attached hydrogens (tertiary/aromatic N) is 2. The number of ether oxygens (including phenoxy) is 1. The lowest BCUT2D eigenvalue weighted by atomic mass is 10.1. The zero-order valence-electron chi connectivity index (χ0n) is 13.4. The molecule has 1 aromatic heterocycles. The first kappa shape index (κ1) is 16.5. The summed E-state index contributed by atoms with van der Waals surface area (Å²) in [4.78, 5) is 4.90. The van der Waals surface area contributed by atoms with Crippen LogP contribution in [0.25, 0.3) is 0 Å². The molecule has 5 heteroatoms. The smallest absolute Gasteiger partial charge is 0.129 e. The van der Waals surface area contributed by atoms with Crippen LogP contribution in [0.1, 0.15) is 31.8 Å². The molecule has 120 valence electrons. The maximum Gasteiger partial charge on any atom is 0.129 e. The van der Waals surface area contributed by atoms with E-state index in [1.54, 1.807) is 7.11 Å². The van der Waals surface area contributed by atoms with E-state index in [1.165, 1.54) is 0 Å². The molecule has 1 aromatic rings. The molecule has 0 bridgehead atoms. The van der Waals surface area contributed by atoms with E-state index in [4.69, 9.17) is 9.15 Å². The maximum atomic E-state index is 9.28. The van der Waals surface area contributed by atoms with Gasteiger partial charge in [-0.3, -0.25) is 9.80 Å². The number of hydrogen-bond acceptors (Lipinski definition) is 5. The van der Waals surface area contributed by atoms with Gasteiger partial charge in [-0.05, 0) is 32.4 Å². The molecule has 1 saturated heterocycles. The molecule has 0 aliphatic carbocycles. The fraction of sp³-hybridized carbons (Fsp3) is 0.750. The SMILES string of the molecule is COCc1ccc(CN2CCN(C(C)C)[C@H](CCO)C2)o1. The quantitative estimate of drug-likeness (QED) is 0.830. The summed E-state index contributed by atoms with van der Waals surface area (Å²) in [5.74, 6) is 1.86. The predicted octanol–water partition coefficient (Wildman–Crippen LogP) is 1.70. The van der Waals surface area contributed by atoms with Gasteiger partial charge < -0.3 is 14.3 Å². The van der Waals surface area contributed by atoms with Crippen molar-refractivity contribution in [2.24, 2.45) is 0 Å². The fourth-order valence-corrected chi connectivity index (χ4v) is 3.11. The van der Waals surface area contributed by atoms with Crippen molar-refractivity contribution in [1.29, 1.82) is 0 Å². The van der Waals surface area contributed by atoms with Gasteiger partial charge in [0.05, 0.1) is 6.54 Å². The summed E-state index contributed by atoms with van der Waals surface area (Å²) >= 11 is 0. The third-order valence-corrected chi connectivity index (χ3v) is 4.12. The molecule has 21 heavy (non-hydrogen) atoms. The van der Waals surface area contributed by atoms with E-state index in [0.29, 0.717) is 18.7 Å². The van der Waals surface area contributed by atoms with Crippen LogP contribution >= 0.6 is 0 Å². The van der Waals surface area contributed by atoms with Crippen LogP contribution in [0.2, 0.25) is 0 Å². The van der Waals surface area contributed by atoms with Crippen LogP contribution in [0, 0.1) is 0 Å². The standard InChI is InChI=1S/C16H28N2O3/c1-13(2)18-8-7-17(10-14(18)6-9-19)11-15-4-5-16(21-15)12-20-3/h4-5,13-14,19H,6-12H2,1-3H3/t14-/m1/s1. The fourth-order valence-electron chi connectivity index (χ4n) is 3.11. The largest absolute Gasteiger partial charge is 0.462 e. The van der Waals surface area contributed by atoms with Crippen molar-refractivity contribution in [2.45, 2.75) is 45.5 Å². The number of hydrogen-bond donors (Lipinski definition) is 1. The lowest BCUT2D eigenvalue weighted by Crippen LogP contribution is -2.55. The van der Waals surface area contributed by atoms with Gasteiger partial charge >= 0.3 is 0 Å². The Morgan fingerprint density at radius 2 is 2.10 bits per heavy atom. The molecule has 2 heterocycles. The Kier molecular flexibility index (Phi) is 6.23. The second kappa shape index (κ2) is 7.94. The average molecular weight is 296 g/mol. The lowest BCUT2D eigenvalue weighted by Gasteiger charge is -2.43. The summed E-state index contributed by atoms with van der Waals surface area (Å²) in [6.07, 6.45) is 0.835. The highest BCUT2D eigenvalue weighted by Gasteiger charge is 2.28. The van der Waals surface area contributed by atoms with Crippen LogP contribution in [0.5, 0.6) is 0 Å². The van der Waals surface area contributed by atoms with E-state index in [1.807, 2.05) is 12.1 Å². The van der Waals surface area contributed by atoms with E-state index in [9.17, 15) is 5.11 Å². The molecule has 0 aromatic carbocycles. The van der Waals surface area contributed by atoms with Gasteiger partial charge in [-0.25, -0.2) is 0 Å². The first-order chi connectivity index (χ1) is 10.1. The van der Waals surface area contributed by atoms with E-state index in [0.717, 1.165) is 44.1 Å². The van der Waals surface area contributed by atoms with Crippen molar-refractivity contribution >= 4 is 0 Å². The van der Waals surface area contributed by atoms with Crippen LogP contribution in [-0.2, 0) is 17.9 Å². The molecule has 0 radical (unpaired) electrons. The Morgan fingerprint density at radius 3 is 2.76 bits per heavy atom. The number of aliphatic hydroxyl groups is 1. The average Bonchev–Trinajstić information content (AvgIpc) is 2.87. The summed E-state index contributed by atoms with van der Waals surface area (Å²) in [7, 11) is 1.67. The topological polar surface area (TPSA) is 49.1 Å². The first-order valence-corrected chi connectivity index (χ1v) is 7.79. The number of piperazine rings is 1. The number of aliphatic hydroxyl groups excluding tert-OH is 1. The third kappa shape index (κ3) is 4.54. The highest BCUT2D eigenvalue weighted by atomic mass is 16.5. The van der Waals surface area contributed by atoms with Crippen molar-refractivity contribution in [3.63, 3.8) is 0 Å². The molecule has 1 aliphatic heterocycles. The number of furan rings is 1. The second-order valence-electron chi connectivity index (χ2n) is 6.03. The van der Waals surface area contributed by atoms with Gasteiger partial charge in [0, 0.05) is 45.4 Å². The summed E-state index contributed by atoms with van der Waals surface area (Å²) < 4.78 is 10.8. The van der Waals surface area contributed by atoms with Gasteiger partial charge in [-0.2, -0.15) is 0 Å². The van der Waals surface area contributed by atoms with Gasteiger partial charge in [0.15, 0.2) is 0 Å². The Morgan fingerprint density at radius 1 is 1.33 bits per heavy atom. The van der Waals surface area contributed by atoms with Crippen LogP contribution < -0.4 is 0 Å². The van der Waals surface area contributed by atoms with Crippen molar-refractivity contribution in [3.8, 4) is 0 Å². The molecule has 0 amide bonds. The number of methoxy groups -OCH3 is 1. The second-order valence-corrected chi connectivity index (χ2v) is 6.03. The Labute approximate surface area is 127 Å². The minimum absolute atomic E-state index is 0.250. The minimum atomic E-state index is 0.250. The first-order valence-electron chi connectivity index (χ1n) is 7.79. The normalized spacial score (nSPS) is 21.3. The summed E-state index contributed by atoms with van der Waals surface area (Å²) in [6.45, 7) is 9.13. The Bertz CT molecular complexity index is 419. The monoisotopic (exact) mass is 296 g/mol. The summed E-state index contributed by atoms with van der Waals surface area (Å²) in [6, 6.07) is 4.97. The molecule has 1 N–H and O–H groups in total. The summed E-state index contributed by atoms with van der Waals surface area (Å²) in [5, 5.41) is 9.28.